The Morgan fingerprint density at radius 2 is 1.25 bits per heavy atom. The van der Waals surface area contributed by atoms with Crippen molar-refractivity contribution in [3.8, 4) is 0 Å². The molecule has 2 aromatic carbocycles. The van der Waals surface area contributed by atoms with Gasteiger partial charge in [0, 0.05) is 5.39 Å². The molecule has 0 bridgehead atoms. The number of hydrogen-bond acceptors (Lipinski definition) is 6. The smallest absolute Gasteiger partial charge is 0.148 e. The Kier molecular flexibility index (Phi) is 2.44. The highest BCUT2D eigenvalue weighted by Gasteiger charge is 2.43. The molecule has 28 heavy (non-hydrogen) atoms. The number of fused-ring (bicyclic) bond motifs is 13. The van der Waals surface area contributed by atoms with E-state index in [1.165, 1.54) is 0 Å². The molecule has 8 nitrogen and oxygen atoms in total. The molecule has 6 heterocycles. The van der Waals surface area contributed by atoms with Crippen LogP contribution >= 0.6 is 0 Å². The van der Waals surface area contributed by atoms with Crippen LogP contribution in [0.15, 0.2) is 24.3 Å². The lowest BCUT2D eigenvalue weighted by Crippen LogP contribution is -2.11. The summed E-state index contributed by atoms with van der Waals surface area (Å²) in [5, 5.41) is 2.25. The molecule has 0 aliphatic carbocycles. The SMILES string of the molecule is c1cc2c(nc3n2C[C@H]2OCO[C@@H]32)c2c1ccc1c2nc2n1C[C@H]1OCO[C@@H]21. The van der Waals surface area contributed by atoms with Crippen LogP contribution in [0.3, 0.4) is 0 Å². The van der Waals surface area contributed by atoms with E-state index in [1.807, 2.05) is 0 Å². The molecule has 0 unspecified atom stereocenters. The van der Waals surface area contributed by atoms with E-state index in [-0.39, 0.29) is 24.4 Å². The summed E-state index contributed by atoms with van der Waals surface area (Å²) in [6, 6.07) is 8.61. The van der Waals surface area contributed by atoms with E-state index in [2.05, 4.69) is 33.4 Å². The molecule has 2 saturated heterocycles. The molecule has 0 N–H and O–H groups in total. The quantitative estimate of drug-likeness (QED) is 0.469. The first-order valence-electron chi connectivity index (χ1n) is 9.65. The van der Waals surface area contributed by atoms with Crippen molar-refractivity contribution < 1.29 is 18.9 Å². The van der Waals surface area contributed by atoms with Crippen molar-refractivity contribution in [3.63, 3.8) is 0 Å². The molecule has 0 spiro atoms. The summed E-state index contributed by atoms with van der Waals surface area (Å²) in [5.74, 6) is 1.92. The maximum absolute atomic E-state index is 5.77. The summed E-state index contributed by atoms with van der Waals surface area (Å²) in [6.07, 6.45) is 0.00870. The number of ether oxygens (including phenoxy) is 4. The first-order chi connectivity index (χ1) is 13.9. The maximum atomic E-state index is 5.77. The van der Waals surface area contributed by atoms with E-state index in [1.54, 1.807) is 0 Å². The van der Waals surface area contributed by atoms with E-state index < -0.39 is 0 Å². The minimum absolute atomic E-state index is 0.0709. The van der Waals surface area contributed by atoms with Crippen LogP contribution in [-0.2, 0) is 32.0 Å². The fraction of sp³-hybridized carbons (Fsp3) is 0.400. The summed E-state index contributed by atoms with van der Waals surface area (Å²) in [5.41, 5.74) is 4.21. The monoisotopic (exact) mass is 376 g/mol. The van der Waals surface area contributed by atoms with Gasteiger partial charge < -0.3 is 28.1 Å². The highest BCUT2D eigenvalue weighted by atomic mass is 16.7. The molecular formula is C20H16N4O4. The molecule has 2 aromatic heterocycles. The summed E-state index contributed by atoms with van der Waals surface area (Å²) in [6.45, 7) is 2.27. The van der Waals surface area contributed by atoms with Crippen molar-refractivity contribution in [2.24, 2.45) is 0 Å². The van der Waals surface area contributed by atoms with E-state index in [0.29, 0.717) is 13.6 Å². The third kappa shape index (κ3) is 1.55. The normalized spacial score (nSPS) is 30.4. The second-order valence-electron chi connectivity index (χ2n) is 7.95. The number of nitrogens with zero attached hydrogens (tertiary/aromatic N) is 4. The van der Waals surface area contributed by atoms with Gasteiger partial charge in [0.15, 0.2) is 0 Å². The molecule has 0 amide bonds. The van der Waals surface area contributed by atoms with Crippen molar-refractivity contribution >= 4 is 32.8 Å². The second kappa shape index (κ2) is 4.72. The number of imidazole rings is 2. The van der Waals surface area contributed by atoms with Gasteiger partial charge in [-0.3, -0.25) is 0 Å². The fourth-order valence-electron chi connectivity index (χ4n) is 5.36. The highest BCUT2D eigenvalue weighted by molar-refractivity contribution is 6.16. The van der Waals surface area contributed by atoms with Crippen molar-refractivity contribution in [1.82, 2.24) is 19.1 Å². The Labute approximate surface area is 158 Å². The van der Waals surface area contributed by atoms with E-state index >= 15 is 0 Å². The first-order valence-corrected chi connectivity index (χ1v) is 9.65. The van der Waals surface area contributed by atoms with Crippen molar-refractivity contribution in [1.29, 1.82) is 0 Å². The van der Waals surface area contributed by atoms with Crippen LogP contribution < -0.4 is 0 Å². The van der Waals surface area contributed by atoms with Gasteiger partial charge in [-0.2, -0.15) is 0 Å². The minimum atomic E-state index is -0.0709. The lowest BCUT2D eigenvalue weighted by Gasteiger charge is -2.07. The second-order valence-corrected chi connectivity index (χ2v) is 7.95. The number of hydrogen-bond donors (Lipinski definition) is 0. The highest BCUT2D eigenvalue weighted by Crippen LogP contribution is 2.43. The van der Waals surface area contributed by atoms with Crippen LogP contribution in [0.5, 0.6) is 0 Å². The molecule has 4 aliphatic heterocycles. The summed E-state index contributed by atoms with van der Waals surface area (Å²) in [4.78, 5) is 10.0. The van der Waals surface area contributed by atoms with Crippen molar-refractivity contribution in [3.05, 3.63) is 35.9 Å². The van der Waals surface area contributed by atoms with Gasteiger partial charge in [0.1, 0.15) is 49.7 Å². The lowest BCUT2D eigenvalue weighted by atomic mass is 10.1. The Balaban J connectivity index is 1.45. The maximum Gasteiger partial charge on any atom is 0.148 e. The van der Waals surface area contributed by atoms with Crippen LogP contribution in [0, 0.1) is 0 Å². The zero-order chi connectivity index (χ0) is 18.0. The Morgan fingerprint density at radius 3 is 1.79 bits per heavy atom. The molecule has 0 saturated carbocycles. The Hall–Kier alpha value is -2.52. The minimum Gasteiger partial charge on any atom is -0.347 e. The van der Waals surface area contributed by atoms with Gasteiger partial charge in [-0.25, -0.2) is 9.97 Å². The first kappa shape index (κ1) is 14.5. The largest absolute Gasteiger partial charge is 0.347 e. The summed E-state index contributed by atoms with van der Waals surface area (Å²) in [7, 11) is 0. The lowest BCUT2D eigenvalue weighted by molar-refractivity contribution is 0.0296. The third-order valence-corrected chi connectivity index (χ3v) is 6.65. The third-order valence-electron chi connectivity index (χ3n) is 6.65. The number of rotatable bonds is 0. The molecule has 4 atom stereocenters. The Morgan fingerprint density at radius 1 is 0.714 bits per heavy atom. The molecule has 4 aliphatic rings. The van der Waals surface area contributed by atoms with Gasteiger partial charge >= 0.3 is 0 Å². The van der Waals surface area contributed by atoms with Crippen LogP contribution in [-0.4, -0.2) is 44.9 Å². The summed E-state index contributed by atoms with van der Waals surface area (Å²) >= 11 is 0. The van der Waals surface area contributed by atoms with Crippen LogP contribution in [0.25, 0.3) is 32.8 Å². The van der Waals surface area contributed by atoms with Gasteiger partial charge in [0.2, 0.25) is 0 Å². The van der Waals surface area contributed by atoms with Gasteiger partial charge in [0.25, 0.3) is 0 Å². The van der Waals surface area contributed by atoms with Crippen LogP contribution in [0.1, 0.15) is 23.9 Å². The Bertz CT molecular complexity index is 1230. The van der Waals surface area contributed by atoms with Crippen molar-refractivity contribution in [2.45, 2.75) is 37.5 Å². The molecule has 140 valence electrons. The predicted molar refractivity (Wildman–Crippen MR) is 97.7 cm³/mol. The van der Waals surface area contributed by atoms with E-state index in [4.69, 9.17) is 28.9 Å². The molecule has 2 fully saturated rings. The fourth-order valence-corrected chi connectivity index (χ4v) is 5.36. The zero-order valence-electron chi connectivity index (χ0n) is 14.9. The molecule has 8 rings (SSSR count). The predicted octanol–water partition coefficient (Wildman–Crippen LogP) is 2.39. The van der Waals surface area contributed by atoms with Gasteiger partial charge in [-0.15, -0.1) is 0 Å². The van der Waals surface area contributed by atoms with Gasteiger partial charge in [0.05, 0.1) is 35.2 Å². The van der Waals surface area contributed by atoms with E-state index in [0.717, 1.165) is 57.6 Å². The molecular weight excluding hydrogens is 360 g/mol. The average molecular weight is 376 g/mol. The zero-order valence-corrected chi connectivity index (χ0v) is 14.9. The van der Waals surface area contributed by atoms with Crippen molar-refractivity contribution in [2.75, 3.05) is 13.6 Å². The van der Waals surface area contributed by atoms with E-state index in [9.17, 15) is 0 Å². The molecule has 0 radical (unpaired) electrons. The van der Waals surface area contributed by atoms with Gasteiger partial charge in [-0.05, 0) is 17.5 Å². The van der Waals surface area contributed by atoms with Gasteiger partial charge in [-0.1, -0.05) is 12.1 Å². The number of benzene rings is 2. The topological polar surface area (TPSA) is 72.6 Å². The summed E-state index contributed by atoms with van der Waals surface area (Å²) < 4.78 is 27.4. The molecule has 8 heteroatoms. The van der Waals surface area contributed by atoms with Crippen LogP contribution in [0.4, 0.5) is 0 Å². The molecule has 4 aromatic rings. The number of aromatic nitrogens is 4. The standard InChI is InChI=1S/C20H16N4O4/c1-3-10-15(21-19-17-12(5-23(10)19)25-7-27-17)14-9(1)2-4-11-16(14)22-20-18-13(6-24(11)20)26-8-28-18/h1-4,12-13,17-18H,5-8H2/t12-,13-,17-,18-/m1/s1. The van der Waals surface area contributed by atoms with Crippen LogP contribution in [0.2, 0.25) is 0 Å². The average Bonchev–Trinajstić information content (AvgIpc) is 3.48.